The van der Waals surface area contributed by atoms with Gasteiger partial charge in [-0.25, -0.2) is 0 Å². The Morgan fingerprint density at radius 2 is 1.43 bits per heavy atom. The van der Waals surface area contributed by atoms with Crippen LogP contribution in [0.1, 0.15) is 37.9 Å². The van der Waals surface area contributed by atoms with E-state index in [4.69, 9.17) is 0 Å². The molecule has 0 aliphatic carbocycles. The largest absolute Gasteiger partial charge is 0.355 e. The van der Waals surface area contributed by atoms with Crippen LogP contribution in [0.25, 0.3) is 0 Å². The first-order chi connectivity index (χ1) is 13.6. The quantitative estimate of drug-likeness (QED) is 0.417. The van der Waals surface area contributed by atoms with Gasteiger partial charge in [0.15, 0.2) is 0 Å². The number of nitro groups is 1. The second kappa shape index (κ2) is 5.75. The number of rotatable bonds is 2. The van der Waals surface area contributed by atoms with Gasteiger partial charge in [0, 0.05) is 28.6 Å². The van der Waals surface area contributed by atoms with E-state index in [1.165, 1.54) is 18.2 Å². The van der Waals surface area contributed by atoms with Crippen LogP contribution in [-0.4, -0.2) is 21.6 Å². The van der Waals surface area contributed by atoms with Gasteiger partial charge in [-0.3, -0.25) is 24.6 Å². The van der Waals surface area contributed by atoms with Crippen LogP contribution in [0.4, 0.5) is 17.1 Å². The Balaban J connectivity index is 1.73. The van der Waals surface area contributed by atoms with Crippen molar-refractivity contribution in [1.82, 2.24) is 4.90 Å². The van der Waals surface area contributed by atoms with E-state index >= 15 is 0 Å². The fourth-order valence-corrected chi connectivity index (χ4v) is 3.96. The highest BCUT2D eigenvalue weighted by molar-refractivity contribution is 6.23. The van der Waals surface area contributed by atoms with Gasteiger partial charge in [-0.15, -0.1) is 0 Å². The Morgan fingerprint density at radius 3 is 2.04 bits per heavy atom. The highest BCUT2D eigenvalue weighted by Crippen LogP contribution is 2.46. The second-order valence-corrected chi connectivity index (χ2v) is 6.64. The summed E-state index contributed by atoms with van der Waals surface area (Å²) < 4.78 is 0. The first-order valence-electron chi connectivity index (χ1n) is 8.68. The molecule has 0 unspecified atom stereocenters. The molecule has 0 bridgehead atoms. The minimum atomic E-state index is -0.666. The van der Waals surface area contributed by atoms with E-state index < -0.39 is 22.8 Å². The molecule has 2 aliphatic rings. The van der Waals surface area contributed by atoms with Crippen LogP contribution in [0.2, 0.25) is 0 Å². The van der Waals surface area contributed by atoms with Crippen molar-refractivity contribution >= 4 is 28.9 Å². The summed E-state index contributed by atoms with van der Waals surface area (Å²) in [7, 11) is 0. The molecule has 3 aromatic carbocycles. The van der Waals surface area contributed by atoms with Crippen LogP contribution in [0, 0.1) is 10.1 Å². The lowest BCUT2D eigenvalue weighted by Crippen LogP contribution is -2.36. The van der Waals surface area contributed by atoms with E-state index in [2.05, 4.69) is 5.32 Å². The van der Waals surface area contributed by atoms with Crippen LogP contribution in [0.15, 0.2) is 66.7 Å². The lowest BCUT2D eigenvalue weighted by Gasteiger charge is -2.34. The number of hydrogen-bond acceptors (Lipinski definition) is 5. The molecule has 7 heteroatoms. The van der Waals surface area contributed by atoms with Crippen LogP contribution >= 0.6 is 0 Å². The number of nitrogens with zero attached hydrogens (tertiary/aromatic N) is 2. The molecule has 0 radical (unpaired) electrons. The Kier molecular flexibility index (Phi) is 3.33. The van der Waals surface area contributed by atoms with E-state index in [9.17, 15) is 19.7 Å². The number of amides is 2. The van der Waals surface area contributed by atoms with Gasteiger partial charge < -0.3 is 5.32 Å². The number of nitrogens with one attached hydrogen (secondary N) is 1. The third kappa shape index (κ3) is 2.10. The standard InChI is InChI=1S/C21H13N3O4/c25-20-14-8-5-11-17(24(27)28)18(14)21(26)23(20)19-12-6-1-3-9-15(12)22-16-10-4-2-7-13(16)19/h1-11,19,22H. The maximum Gasteiger partial charge on any atom is 0.282 e. The Bertz CT molecular complexity index is 1140. The minimum Gasteiger partial charge on any atom is -0.355 e. The lowest BCUT2D eigenvalue weighted by molar-refractivity contribution is -0.385. The summed E-state index contributed by atoms with van der Waals surface area (Å²) >= 11 is 0. The first-order valence-corrected chi connectivity index (χ1v) is 8.68. The summed E-state index contributed by atoms with van der Waals surface area (Å²) in [5, 5.41) is 14.7. The van der Waals surface area contributed by atoms with Crippen molar-refractivity contribution < 1.29 is 14.5 Å². The molecule has 136 valence electrons. The van der Waals surface area contributed by atoms with Crippen LogP contribution in [-0.2, 0) is 0 Å². The monoisotopic (exact) mass is 371 g/mol. The van der Waals surface area contributed by atoms with Gasteiger partial charge in [-0.05, 0) is 18.2 Å². The molecule has 0 atom stereocenters. The number of carbonyl (C=O) groups is 2. The van der Waals surface area contributed by atoms with E-state index in [0.29, 0.717) is 0 Å². The van der Waals surface area contributed by atoms with Gasteiger partial charge in [-0.2, -0.15) is 0 Å². The summed E-state index contributed by atoms with van der Waals surface area (Å²) in [6, 6.07) is 18.3. The van der Waals surface area contributed by atoms with Gasteiger partial charge in [-0.1, -0.05) is 42.5 Å². The van der Waals surface area contributed by atoms with Crippen molar-refractivity contribution in [2.75, 3.05) is 5.32 Å². The fraction of sp³-hybridized carbons (Fsp3) is 0.0476. The molecule has 0 saturated carbocycles. The Morgan fingerprint density at radius 1 is 0.821 bits per heavy atom. The second-order valence-electron chi connectivity index (χ2n) is 6.64. The number of para-hydroxylation sites is 2. The van der Waals surface area contributed by atoms with Crippen molar-refractivity contribution in [3.05, 3.63) is 99.1 Å². The molecule has 28 heavy (non-hydrogen) atoms. The van der Waals surface area contributed by atoms with Crippen LogP contribution in [0.3, 0.4) is 0 Å². The molecule has 7 nitrogen and oxygen atoms in total. The molecule has 0 fully saturated rings. The zero-order valence-electron chi connectivity index (χ0n) is 14.5. The van der Waals surface area contributed by atoms with E-state index in [1.54, 1.807) is 0 Å². The third-order valence-corrected chi connectivity index (χ3v) is 5.16. The number of fused-ring (bicyclic) bond motifs is 3. The highest BCUT2D eigenvalue weighted by Gasteiger charge is 2.46. The maximum atomic E-state index is 13.2. The lowest BCUT2D eigenvalue weighted by atomic mass is 9.91. The van der Waals surface area contributed by atoms with Crippen molar-refractivity contribution in [3.8, 4) is 0 Å². The molecule has 2 amide bonds. The zero-order valence-corrected chi connectivity index (χ0v) is 14.5. The summed E-state index contributed by atoms with van der Waals surface area (Å²) in [5.74, 6) is -1.18. The number of anilines is 2. The van der Waals surface area contributed by atoms with Gasteiger partial charge in [0.1, 0.15) is 5.56 Å². The average molecular weight is 371 g/mol. The average Bonchev–Trinajstić information content (AvgIpc) is 2.96. The topological polar surface area (TPSA) is 92.5 Å². The molecule has 0 saturated heterocycles. The fourth-order valence-electron chi connectivity index (χ4n) is 3.96. The number of hydrogen-bond donors (Lipinski definition) is 1. The zero-order chi connectivity index (χ0) is 19.4. The SMILES string of the molecule is O=C1c2cccc([N+](=O)[O-])c2C(=O)N1C1c2ccccc2Nc2ccccc21. The molecule has 2 aliphatic heterocycles. The highest BCUT2D eigenvalue weighted by atomic mass is 16.6. The molecular formula is C21H13N3O4. The van der Waals surface area contributed by atoms with Crippen LogP contribution < -0.4 is 5.32 Å². The van der Waals surface area contributed by atoms with Crippen molar-refractivity contribution in [2.45, 2.75) is 6.04 Å². The number of imide groups is 1. The predicted molar refractivity (Wildman–Crippen MR) is 102 cm³/mol. The van der Waals surface area contributed by atoms with Gasteiger partial charge in [0.2, 0.25) is 0 Å². The molecule has 3 aromatic rings. The summed E-state index contributed by atoms with van der Waals surface area (Å²) in [6.45, 7) is 0. The van der Waals surface area contributed by atoms with Gasteiger partial charge >= 0.3 is 0 Å². The van der Waals surface area contributed by atoms with Crippen LogP contribution in [0.5, 0.6) is 0 Å². The Hall–Kier alpha value is -4.00. The van der Waals surface area contributed by atoms with Crippen molar-refractivity contribution in [2.24, 2.45) is 0 Å². The van der Waals surface area contributed by atoms with E-state index in [1.807, 2.05) is 48.5 Å². The molecule has 1 N–H and O–H groups in total. The normalized spacial score (nSPS) is 14.9. The smallest absolute Gasteiger partial charge is 0.282 e. The first kappa shape index (κ1) is 16.2. The van der Waals surface area contributed by atoms with Gasteiger partial charge in [0.25, 0.3) is 17.5 Å². The molecular weight excluding hydrogens is 358 g/mol. The van der Waals surface area contributed by atoms with Gasteiger partial charge in [0.05, 0.1) is 16.5 Å². The van der Waals surface area contributed by atoms with E-state index in [-0.39, 0.29) is 16.8 Å². The molecule has 2 heterocycles. The maximum absolute atomic E-state index is 13.2. The van der Waals surface area contributed by atoms with Crippen molar-refractivity contribution in [1.29, 1.82) is 0 Å². The Labute approximate surface area is 159 Å². The van der Waals surface area contributed by atoms with Crippen molar-refractivity contribution in [3.63, 3.8) is 0 Å². The molecule has 0 spiro atoms. The predicted octanol–water partition coefficient (Wildman–Crippen LogP) is 4.04. The van der Waals surface area contributed by atoms with E-state index in [0.717, 1.165) is 27.4 Å². The number of carbonyl (C=O) groups excluding carboxylic acids is 2. The summed E-state index contributed by atoms with van der Waals surface area (Å²) in [4.78, 5) is 38.3. The third-order valence-electron chi connectivity index (χ3n) is 5.16. The summed E-state index contributed by atoms with van der Waals surface area (Å²) in [6.07, 6.45) is 0. The number of benzene rings is 3. The number of nitro benzene ring substituents is 1. The molecule has 0 aromatic heterocycles. The minimum absolute atomic E-state index is 0.0627. The summed E-state index contributed by atoms with van der Waals surface area (Å²) in [5.41, 5.74) is 2.67. The molecule has 5 rings (SSSR count).